The number of carbonyl (C=O) groups excluding carboxylic acids is 4. The van der Waals surface area contributed by atoms with Gasteiger partial charge in [0.25, 0.3) is 23.4 Å². The SMILES string of the molecule is O=C(OCc1ccc([N+](=O)[O-])cc1)C1=C(O)CC[C@@H]2[C@H](NC(=O)c3ccccc3C(=O)N3CCCC3)C(=O)N12. The van der Waals surface area contributed by atoms with Crippen molar-refractivity contribution in [3.63, 3.8) is 0 Å². The molecule has 2 saturated heterocycles. The minimum Gasteiger partial charge on any atom is -0.510 e. The number of nitro benzene ring substituents is 1. The van der Waals surface area contributed by atoms with Gasteiger partial charge >= 0.3 is 5.97 Å². The highest BCUT2D eigenvalue weighted by atomic mass is 16.6. The Morgan fingerprint density at radius 1 is 1.05 bits per heavy atom. The highest BCUT2D eigenvalue weighted by Gasteiger charge is 2.54. The van der Waals surface area contributed by atoms with Crippen LogP contribution in [0.25, 0.3) is 0 Å². The topological polar surface area (TPSA) is 159 Å². The Kier molecular flexibility index (Phi) is 7.01. The van der Waals surface area contributed by atoms with Gasteiger partial charge in [-0.25, -0.2) is 4.79 Å². The van der Waals surface area contributed by atoms with E-state index in [9.17, 15) is 34.4 Å². The molecule has 12 heteroatoms. The number of carbonyl (C=O) groups is 4. The van der Waals surface area contributed by atoms with Gasteiger partial charge in [0.1, 0.15) is 18.4 Å². The maximum absolute atomic E-state index is 13.2. The molecule has 0 spiro atoms. The zero-order valence-corrected chi connectivity index (χ0v) is 20.9. The predicted molar refractivity (Wildman–Crippen MR) is 135 cm³/mol. The van der Waals surface area contributed by atoms with Gasteiger partial charge in [0, 0.05) is 31.6 Å². The van der Waals surface area contributed by atoms with Gasteiger partial charge < -0.3 is 20.1 Å². The second-order valence-corrected chi connectivity index (χ2v) is 9.61. The normalized spacial score (nSPS) is 20.3. The molecule has 0 aromatic heterocycles. The number of nitro groups is 1. The summed E-state index contributed by atoms with van der Waals surface area (Å²) in [6, 6.07) is 10.4. The first kappa shape index (κ1) is 25.9. The van der Waals surface area contributed by atoms with E-state index in [0.717, 1.165) is 17.7 Å². The molecule has 202 valence electrons. The third-order valence-corrected chi connectivity index (χ3v) is 7.20. The number of hydrogen-bond acceptors (Lipinski definition) is 8. The minimum atomic E-state index is -0.932. The number of hydrogen-bond donors (Lipinski definition) is 2. The largest absolute Gasteiger partial charge is 0.510 e. The van der Waals surface area contributed by atoms with Gasteiger partial charge in [-0.1, -0.05) is 12.1 Å². The smallest absolute Gasteiger partial charge is 0.358 e. The van der Waals surface area contributed by atoms with Gasteiger partial charge in [-0.15, -0.1) is 0 Å². The molecule has 2 N–H and O–H groups in total. The second kappa shape index (κ2) is 10.6. The molecule has 5 rings (SSSR count). The van der Waals surface area contributed by atoms with Gasteiger partial charge in [0.15, 0.2) is 5.70 Å². The predicted octanol–water partition coefficient (Wildman–Crippen LogP) is 2.45. The minimum absolute atomic E-state index is 0.104. The van der Waals surface area contributed by atoms with Crippen LogP contribution in [0.1, 0.15) is 52.0 Å². The molecule has 0 aliphatic carbocycles. The van der Waals surface area contributed by atoms with Gasteiger partial charge in [-0.2, -0.15) is 0 Å². The molecule has 0 bridgehead atoms. The number of nitrogens with zero attached hydrogens (tertiary/aromatic N) is 3. The van der Waals surface area contributed by atoms with Crippen molar-refractivity contribution < 1.29 is 33.9 Å². The first-order valence-electron chi connectivity index (χ1n) is 12.6. The van der Waals surface area contributed by atoms with E-state index in [2.05, 4.69) is 5.32 Å². The summed E-state index contributed by atoms with van der Waals surface area (Å²) in [5.74, 6) is -2.60. The number of ether oxygens (including phenoxy) is 1. The number of esters is 1. The molecule has 39 heavy (non-hydrogen) atoms. The fourth-order valence-corrected chi connectivity index (χ4v) is 5.14. The Labute approximate surface area is 223 Å². The van der Waals surface area contributed by atoms with Crippen molar-refractivity contribution in [3.05, 3.63) is 86.8 Å². The van der Waals surface area contributed by atoms with Crippen LogP contribution >= 0.6 is 0 Å². The summed E-state index contributed by atoms with van der Waals surface area (Å²) in [5.41, 5.74) is 0.523. The third-order valence-electron chi connectivity index (χ3n) is 7.20. The molecule has 2 fully saturated rings. The Morgan fingerprint density at radius 2 is 1.72 bits per heavy atom. The molecule has 2 atom stereocenters. The summed E-state index contributed by atoms with van der Waals surface area (Å²) in [4.78, 5) is 65.1. The van der Waals surface area contributed by atoms with Crippen molar-refractivity contribution in [2.45, 2.75) is 44.4 Å². The number of allylic oxidation sites excluding steroid dienone is 1. The second-order valence-electron chi connectivity index (χ2n) is 9.61. The van der Waals surface area contributed by atoms with Crippen molar-refractivity contribution >= 4 is 29.4 Å². The summed E-state index contributed by atoms with van der Waals surface area (Å²) in [5, 5.41) is 23.9. The van der Waals surface area contributed by atoms with Crippen LogP contribution in [0, 0.1) is 10.1 Å². The van der Waals surface area contributed by atoms with Crippen molar-refractivity contribution in [2.75, 3.05) is 13.1 Å². The van der Waals surface area contributed by atoms with E-state index in [1.807, 2.05) is 0 Å². The van der Waals surface area contributed by atoms with Crippen molar-refractivity contribution in [2.24, 2.45) is 0 Å². The van der Waals surface area contributed by atoms with Crippen molar-refractivity contribution in [1.82, 2.24) is 15.1 Å². The number of nitrogens with one attached hydrogen (secondary N) is 1. The molecule has 2 aromatic rings. The first-order valence-corrected chi connectivity index (χ1v) is 12.6. The van der Waals surface area contributed by atoms with Crippen LogP contribution in [0.15, 0.2) is 60.0 Å². The average molecular weight is 535 g/mol. The first-order chi connectivity index (χ1) is 18.8. The van der Waals surface area contributed by atoms with Gasteiger partial charge in [-0.05, 0) is 49.1 Å². The number of rotatable bonds is 7. The molecule has 0 radical (unpaired) electrons. The molecule has 3 aliphatic heterocycles. The summed E-state index contributed by atoms with van der Waals surface area (Å²) in [7, 11) is 0. The molecule has 3 aliphatic rings. The summed E-state index contributed by atoms with van der Waals surface area (Å²) >= 11 is 0. The monoisotopic (exact) mass is 534 g/mol. The number of non-ortho nitro benzene ring substituents is 1. The molecule has 2 aromatic carbocycles. The van der Waals surface area contributed by atoms with Crippen LogP contribution in [0.2, 0.25) is 0 Å². The fourth-order valence-electron chi connectivity index (χ4n) is 5.14. The van der Waals surface area contributed by atoms with E-state index >= 15 is 0 Å². The lowest BCUT2D eigenvalue weighted by atomic mass is 9.85. The Hall–Kier alpha value is -4.74. The van der Waals surface area contributed by atoms with E-state index in [1.54, 1.807) is 23.1 Å². The number of amides is 3. The van der Waals surface area contributed by atoms with Crippen LogP contribution in [-0.2, 0) is 20.9 Å². The van der Waals surface area contributed by atoms with Gasteiger partial charge in [-0.3, -0.25) is 29.4 Å². The number of aliphatic hydroxyl groups excluding tert-OH is 1. The average Bonchev–Trinajstić information content (AvgIpc) is 3.49. The molecule has 12 nitrogen and oxygen atoms in total. The van der Waals surface area contributed by atoms with Crippen molar-refractivity contribution in [1.29, 1.82) is 0 Å². The van der Waals surface area contributed by atoms with Crippen LogP contribution in [0.3, 0.4) is 0 Å². The highest BCUT2D eigenvalue weighted by molar-refractivity contribution is 6.09. The van der Waals surface area contributed by atoms with Crippen LogP contribution < -0.4 is 5.32 Å². The zero-order valence-electron chi connectivity index (χ0n) is 20.9. The van der Waals surface area contributed by atoms with E-state index in [1.165, 1.54) is 30.3 Å². The molecule has 3 amide bonds. The Balaban J connectivity index is 1.25. The summed E-state index contributed by atoms with van der Waals surface area (Å²) in [6.07, 6.45) is 2.24. The van der Waals surface area contributed by atoms with E-state index in [-0.39, 0.29) is 47.2 Å². The molecule has 0 unspecified atom stereocenters. The van der Waals surface area contributed by atoms with Crippen molar-refractivity contribution in [3.8, 4) is 0 Å². The zero-order chi connectivity index (χ0) is 27.7. The van der Waals surface area contributed by atoms with E-state index in [4.69, 9.17) is 4.74 Å². The number of β-lactam (4-membered cyclic amide) rings is 1. The third kappa shape index (κ3) is 4.92. The van der Waals surface area contributed by atoms with Gasteiger partial charge in [0.05, 0.1) is 22.1 Å². The Bertz CT molecular complexity index is 1380. The summed E-state index contributed by atoms with van der Waals surface area (Å²) in [6.45, 7) is 1.04. The lowest BCUT2D eigenvalue weighted by Gasteiger charge is -2.49. The standard InChI is InChI=1S/C27H26N4O8/c32-21-12-11-20-22(28-24(33)18-5-1-2-6-19(18)25(34)29-13-3-4-14-29)26(35)30(20)23(21)27(36)39-15-16-7-9-17(10-8-16)31(37)38/h1-2,5-10,20,22,32H,3-4,11-15H2,(H,28,33)/t20-,22+/m1/s1. The molecule has 0 saturated carbocycles. The highest BCUT2D eigenvalue weighted by Crippen LogP contribution is 2.36. The maximum atomic E-state index is 13.2. The van der Waals surface area contributed by atoms with E-state index < -0.39 is 34.8 Å². The molecular weight excluding hydrogens is 508 g/mol. The lowest BCUT2D eigenvalue weighted by Crippen LogP contribution is -2.71. The Morgan fingerprint density at radius 3 is 2.38 bits per heavy atom. The maximum Gasteiger partial charge on any atom is 0.358 e. The van der Waals surface area contributed by atoms with Crippen LogP contribution in [-0.4, -0.2) is 68.7 Å². The van der Waals surface area contributed by atoms with Crippen LogP contribution in [0.4, 0.5) is 5.69 Å². The molecule has 3 heterocycles. The number of aliphatic hydroxyl groups is 1. The number of likely N-dealkylation sites (tertiary alicyclic amines) is 1. The van der Waals surface area contributed by atoms with Gasteiger partial charge in [0.2, 0.25) is 0 Å². The van der Waals surface area contributed by atoms with Crippen LogP contribution in [0.5, 0.6) is 0 Å². The fraction of sp³-hybridized carbons (Fsp3) is 0.333. The number of fused-ring (bicyclic) bond motifs is 1. The number of benzene rings is 2. The quantitative estimate of drug-likeness (QED) is 0.237. The van der Waals surface area contributed by atoms with E-state index in [0.29, 0.717) is 25.1 Å². The lowest BCUT2D eigenvalue weighted by molar-refractivity contribution is -0.384. The molecular formula is C27H26N4O8. The summed E-state index contributed by atoms with van der Waals surface area (Å²) < 4.78 is 5.27.